The van der Waals surface area contributed by atoms with Crippen molar-refractivity contribution in [1.82, 2.24) is 0 Å². The molecule has 0 spiro atoms. The van der Waals surface area contributed by atoms with Gasteiger partial charge in [-0.25, -0.2) is 8.42 Å². The van der Waals surface area contributed by atoms with Gasteiger partial charge in [-0.2, -0.15) is 0 Å². The molecule has 27 heavy (non-hydrogen) atoms. The van der Waals surface area contributed by atoms with Crippen molar-refractivity contribution in [2.45, 2.75) is 64.7 Å². The Morgan fingerprint density at radius 3 is 2.33 bits per heavy atom. The van der Waals surface area contributed by atoms with Crippen LogP contribution in [0.5, 0.6) is 0 Å². The SMILES string of the molecule is Cc1cc2c(c(NCc3ccc(NS(=O)(=O)C(C)(C)C)cc3)c1)CCCC2. The Morgan fingerprint density at radius 1 is 1.00 bits per heavy atom. The summed E-state index contributed by atoms with van der Waals surface area (Å²) in [6.07, 6.45) is 4.86. The van der Waals surface area contributed by atoms with Gasteiger partial charge in [0.15, 0.2) is 0 Å². The Morgan fingerprint density at radius 2 is 1.67 bits per heavy atom. The highest BCUT2D eigenvalue weighted by Gasteiger charge is 2.28. The third kappa shape index (κ3) is 4.64. The van der Waals surface area contributed by atoms with Crippen molar-refractivity contribution in [3.05, 3.63) is 58.7 Å². The predicted octanol–water partition coefficient (Wildman–Crippen LogP) is 5.03. The topological polar surface area (TPSA) is 58.2 Å². The minimum Gasteiger partial charge on any atom is -0.381 e. The molecule has 5 heteroatoms. The second-order valence-corrected chi connectivity index (χ2v) is 10.9. The molecular formula is C22H30N2O2S. The van der Waals surface area contributed by atoms with Crippen LogP contribution in [0.3, 0.4) is 0 Å². The summed E-state index contributed by atoms with van der Waals surface area (Å²) in [5.74, 6) is 0. The maximum absolute atomic E-state index is 12.3. The summed E-state index contributed by atoms with van der Waals surface area (Å²) in [5, 5.41) is 3.58. The molecule has 0 unspecified atom stereocenters. The van der Waals surface area contributed by atoms with Gasteiger partial charge in [-0.15, -0.1) is 0 Å². The van der Waals surface area contributed by atoms with Crippen molar-refractivity contribution >= 4 is 21.4 Å². The number of fused-ring (bicyclic) bond motifs is 1. The Kier molecular flexibility index (Phi) is 5.52. The fraction of sp³-hybridized carbons (Fsp3) is 0.455. The van der Waals surface area contributed by atoms with Gasteiger partial charge in [0, 0.05) is 17.9 Å². The lowest BCUT2D eigenvalue weighted by Gasteiger charge is -2.22. The Bertz CT molecular complexity index is 911. The highest BCUT2D eigenvalue weighted by atomic mass is 32.2. The molecule has 146 valence electrons. The Hall–Kier alpha value is -2.01. The van der Waals surface area contributed by atoms with Crippen LogP contribution in [0.15, 0.2) is 36.4 Å². The second-order valence-electron chi connectivity index (χ2n) is 8.43. The average molecular weight is 387 g/mol. The van der Waals surface area contributed by atoms with Crippen molar-refractivity contribution in [3.8, 4) is 0 Å². The predicted molar refractivity (Wildman–Crippen MR) is 114 cm³/mol. The normalized spacial score (nSPS) is 14.5. The van der Waals surface area contributed by atoms with Crippen molar-refractivity contribution in [2.75, 3.05) is 10.0 Å². The molecule has 1 aliphatic carbocycles. The van der Waals surface area contributed by atoms with Gasteiger partial charge in [-0.05, 0) is 93.8 Å². The number of aryl methyl sites for hydroxylation is 2. The van der Waals surface area contributed by atoms with Crippen LogP contribution in [0, 0.1) is 6.92 Å². The first-order chi connectivity index (χ1) is 12.7. The quantitative estimate of drug-likeness (QED) is 0.758. The van der Waals surface area contributed by atoms with E-state index >= 15 is 0 Å². The van der Waals surface area contributed by atoms with E-state index in [-0.39, 0.29) is 0 Å². The summed E-state index contributed by atoms with van der Waals surface area (Å²) in [6, 6.07) is 12.1. The molecule has 0 bridgehead atoms. The summed E-state index contributed by atoms with van der Waals surface area (Å²) >= 11 is 0. The smallest absolute Gasteiger partial charge is 0.237 e. The molecule has 1 aliphatic rings. The number of sulfonamides is 1. The van der Waals surface area contributed by atoms with Crippen molar-refractivity contribution in [1.29, 1.82) is 0 Å². The molecule has 0 radical (unpaired) electrons. The zero-order valence-corrected chi connectivity index (χ0v) is 17.5. The lowest BCUT2D eigenvalue weighted by Crippen LogP contribution is -2.33. The largest absolute Gasteiger partial charge is 0.381 e. The number of rotatable bonds is 5. The number of hydrogen-bond donors (Lipinski definition) is 2. The third-order valence-electron chi connectivity index (χ3n) is 5.10. The maximum atomic E-state index is 12.3. The lowest BCUT2D eigenvalue weighted by atomic mass is 9.89. The highest BCUT2D eigenvalue weighted by Crippen LogP contribution is 2.30. The van der Waals surface area contributed by atoms with Gasteiger partial charge in [0.05, 0.1) is 4.75 Å². The molecular weight excluding hydrogens is 356 g/mol. The number of anilines is 2. The number of nitrogens with one attached hydrogen (secondary N) is 2. The van der Waals surface area contributed by atoms with Crippen LogP contribution in [0.4, 0.5) is 11.4 Å². The van der Waals surface area contributed by atoms with Gasteiger partial charge in [0.25, 0.3) is 0 Å². The van der Waals surface area contributed by atoms with E-state index in [1.165, 1.54) is 41.6 Å². The van der Waals surface area contributed by atoms with E-state index in [0.29, 0.717) is 5.69 Å². The monoisotopic (exact) mass is 386 g/mol. The fourth-order valence-electron chi connectivity index (χ4n) is 3.38. The Balaban J connectivity index is 1.69. The van der Waals surface area contributed by atoms with Crippen LogP contribution < -0.4 is 10.0 Å². The summed E-state index contributed by atoms with van der Waals surface area (Å²) in [6.45, 7) is 7.95. The van der Waals surface area contributed by atoms with Gasteiger partial charge in [-0.3, -0.25) is 4.72 Å². The van der Waals surface area contributed by atoms with Crippen LogP contribution in [-0.2, 0) is 29.4 Å². The first-order valence-corrected chi connectivity index (χ1v) is 11.1. The molecule has 0 saturated carbocycles. The summed E-state index contributed by atoms with van der Waals surface area (Å²) in [4.78, 5) is 0. The van der Waals surface area contributed by atoms with E-state index in [2.05, 4.69) is 29.1 Å². The summed E-state index contributed by atoms with van der Waals surface area (Å²) < 4.78 is 26.3. The summed E-state index contributed by atoms with van der Waals surface area (Å²) in [5.41, 5.74) is 7.20. The molecule has 3 rings (SSSR count). The zero-order chi connectivity index (χ0) is 19.7. The van der Waals surface area contributed by atoms with E-state index in [0.717, 1.165) is 18.5 Å². The molecule has 2 aromatic carbocycles. The maximum Gasteiger partial charge on any atom is 0.237 e. The molecule has 2 N–H and O–H groups in total. The van der Waals surface area contributed by atoms with E-state index in [4.69, 9.17) is 0 Å². The van der Waals surface area contributed by atoms with E-state index in [9.17, 15) is 8.42 Å². The van der Waals surface area contributed by atoms with Crippen molar-refractivity contribution in [3.63, 3.8) is 0 Å². The molecule has 0 fully saturated rings. The zero-order valence-electron chi connectivity index (χ0n) is 16.7. The van der Waals surface area contributed by atoms with Crippen molar-refractivity contribution in [2.24, 2.45) is 0 Å². The fourth-order valence-corrected chi connectivity index (χ4v) is 4.13. The third-order valence-corrected chi connectivity index (χ3v) is 7.22. The molecule has 0 aliphatic heterocycles. The standard InChI is InChI=1S/C22H30N2O2S/c1-16-13-18-7-5-6-8-20(18)21(14-16)23-15-17-9-11-19(12-10-17)24-27(25,26)22(2,3)4/h9-14,23-24H,5-8,15H2,1-4H3. The van der Waals surface area contributed by atoms with Crippen LogP contribution in [0.1, 0.15) is 55.9 Å². The lowest BCUT2D eigenvalue weighted by molar-refractivity contribution is 0.566. The van der Waals surface area contributed by atoms with Crippen LogP contribution in [0.2, 0.25) is 0 Å². The van der Waals surface area contributed by atoms with E-state index < -0.39 is 14.8 Å². The molecule has 0 atom stereocenters. The number of benzene rings is 2. The molecule has 4 nitrogen and oxygen atoms in total. The first-order valence-electron chi connectivity index (χ1n) is 9.63. The average Bonchev–Trinajstić information content (AvgIpc) is 2.59. The van der Waals surface area contributed by atoms with Crippen LogP contribution >= 0.6 is 0 Å². The molecule has 0 aromatic heterocycles. The highest BCUT2D eigenvalue weighted by molar-refractivity contribution is 7.94. The van der Waals surface area contributed by atoms with Gasteiger partial charge in [0.2, 0.25) is 10.0 Å². The van der Waals surface area contributed by atoms with E-state index in [1.807, 2.05) is 24.3 Å². The van der Waals surface area contributed by atoms with E-state index in [1.54, 1.807) is 20.8 Å². The minimum absolute atomic E-state index is 0.599. The minimum atomic E-state index is -3.40. The molecule has 0 saturated heterocycles. The van der Waals surface area contributed by atoms with Gasteiger partial charge in [0.1, 0.15) is 0 Å². The van der Waals surface area contributed by atoms with Crippen molar-refractivity contribution < 1.29 is 8.42 Å². The molecule has 0 heterocycles. The molecule has 0 amide bonds. The van der Waals surface area contributed by atoms with Gasteiger partial charge in [-0.1, -0.05) is 18.2 Å². The van der Waals surface area contributed by atoms with Crippen LogP contribution in [0.25, 0.3) is 0 Å². The molecule has 2 aromatic rings. The second kappa shape index (κ2) is 7.55. The van der Waals surface area contributed by atoms with Gasteiger partial charge < -0.3 is 5.32 Å². The van der Waals surface area contributed by atoms with Gasteiger partial charge >= 0.3 is 0 Å². The number of hydrogen-bond acceptors (Lipinski definition) is 3. The Labute approximate surface area is 163 Å². The summed E-state index contributed by atoms with van der Waals surface area (Å²) in [7, 11) is -3.40. The first kappa shape index (κ1) is 19.7. The van der Waals surface area contributed by atoms with Crippen LogP contribution in [-0.4, -0.2) is 13.2 Å².